The van der Waals surface area contributed by atoms with E-state index >= 15 is 0 Å². The van der Waals surface area contributed by atoms with Gasteiger partial charge in [-0.1, -0.05) is 0 Å². The Morgan fingerprint density at radius 1 is 1.41 bits per heavy atom. The molecule has 0 atom stereocenters. The lowest BCUT2D eigenvalue weighted by Crippen LogP contribution is -2.30. The van der Waals surface area contributed by atoms with E-state index in [9.17, 15) is 19.7 Å². The molecule has 1 amide bonds. The minimum Gasteiger partial charge on any atom is -0.463 e. The van der Waals surface area contributed by atoms with Crippen LogP contribution >= 0.6 is 0 Å². The van der Waals surface area contributed by atoms with Crippen molar-refractivity contribution in [2.45, 2.75) is 46.8 Å². The lowest BCUT2D eigenvalue weighted by Gasteiger charge is -2.09. The van der Waals surface area contributed by atoms with Crippen LogP contribution in [0.4, 0.5) is 5.69 Å². The predicted molar refractivity (Wildman–Crippen MR) is 77.2 cm³/mol. The van der Waals surface area contributed by atoms with Gasteiger partial charge in [0.2, 0.25) is 5.91 Å². The van der Waals surface area contributed by atoms with E-state index < -0.39 is 10.9 Å². The van der Waals surface area contributed by atoms with E-state index in [1.807, 2.05) is 0 Å². The molecule has 0 spiro atoms. The average molecular weight is 312 g/mol. The van der Waals surface area contributed by atoms with E-state index in [2.05, 4.69) is 10.4 Å². The van der Waals surface area contributed by atoms with Crippen molar-refractivity contribution < 1.29 is 19.2 Å². The summed E-state index contributed by atoms with van der Waals surface area (Å²) in [7, 11) is 0. The molecule has 9 nitrogen and oxygen atoms in total. The van der Waals surface area contributed by atoms with Crippen molar-refractivity contribution in [2.24, 2.45) is 0 Å². The molecule has 9 heteroatoms. The van der Waals surface area contributed by atoms with Gasteiger partial charge in [0, 0.05) is 6.54 Å². The van der Waals surface area contributed by atoms with E-state index in [1.54, 1.807) is 13.8 Å². The molecule has 0 saturated heterocycles. The summed E-state index contributed by atoms with van der Waals surface area (Å²) in [6.45, 7) is 6.54. The molecule has 0 saturated carbocycles. The van der Waals surface area contributed by atoms with Crippen LogP contribution in [0.15, 0.2) is 0 Å². The van der Waals surface area contributed by atoms with Crippen molar-refractivity contribution in [3.63, 3.8) is 0 Å². The lowest BCUT2D eigenvalue weighted by atomic mass is 10.3. The van der Waals surface area contributed by atoms with Crippen LogP contribution < -0.4 is 5.32 Å². The van der Waals surface area contributed by atoms with Gasteiger partial charge >= 0.3 is 11.7 Å². The van der Waals surface area contributed by atoms with Gasteiger partial charge in [-0.15, -0.1) is 0 Å². The van der Waals surface area contributed by atoms with E-state index in [1.165, 1.54) is 18.5 Å². The number of aryl methyl sites for hydroxylation is 1. The summed E-state index contributed by atoms with van der Waals surface area (Å²) >= 11 is 0. The summed E-state index contributed by atoms with van der Waals surface area (Å²) in [4.78, 5) is 33.4. The number of nitrogens with zero attached hydrogens (tertiary/aromatic N) is 3. The zero-order chi connectivity index (χ0) is 16.9. The van der Waals surface area contributed by atoms with Crippen LogP contribution in [0.3, 0.4) is 0 Å². The molecule has 0 fully saturated rings. The van der Waals surface area contributed by atoms with Gasteiger partial charge < -0.3 is 10.1 Å². The number of carbonyl (C=O) groups excluding carboxylic acids is 2. The number of rotatable bonds is 7. The Balaban J connectivity index is 2.51. The van der Waals surface area contributed by atoms with Gasteiger partial charge in [-0.3, -0.25) is 24.4 Å². The molecule has 0 unspecified atom stereocenters. The summed E-state index contributed by atoms with van der Waals surface area (Å²) in [6.07, 6.45) is -0.125. The molecule has 0 bridgehead atoms. The highest BCUT2D eigenvalue weighted by Crippen LogP contribution is 2.21. The second-order valence-electron chi connectivity index (χ2n) is 5.07. The summed E-state index contributed by atoms with van der Waals surface area (Å²) < 4.78 is 6.21. The van der Waals surface area contributed by atoms with Gasteiger partial charge in [0.25, 0.3) is 0 Å². The van der Waals surface area contributed by atoms with Crippen LogP contribution in [0.25, 0.3) is 0 Å². The Hall–Kier alpha value is -2.45. The molecule has 1 N–H and O–H groups in total. The van der Waals surface area contributed by atoms with Crippen LogP contribution in [-0.4, -0.2) is 39.2 Å². The van der Waals surface area contributed by atoms with Crippen molar-refractivity contribution in [3.05, 3.63) is 21.5 Å². The third kappa shape index (κ3) is 4.83. The van der Waals surface area contributed by atoms with Gasteiger partial charge in [0.05, 0.1) is 17.4 Å². The Kier molecular flexibility index (Phi) is 6.02. The highest BCUT2D eigenvalue weighted by molar-refractivity contribution is 5.77. The number of ether oxygens (including phenoxy) is 1. The fraction of sp³-hybridized carbons (Fsp3) is 0.615. The molecule has 1 rings (SSSR count). The fourth-order valence-electron chi connectivity index (χ4n) is 1.92. The Bertz CT molecular complexity index is 579. The monoisotopic (exact) mass is 312 g/mol. The molecule has 1 aromatic heterocycles. The van der Waals surface area contributed by atoms with Gasteiger partial charge in [-0.25, -0.2) is 0 Å². The summed E-state index contributed by atoms with van der Waals surface area (Å²) in [5.41, 5.74) is 0.487. The van der Waals surface area contributed by atoms with E-state index in [4.69, 9.17) is 4.74 Å². The van der Waals surface area contributed by atoms with Crippen LogP contribution in [0.5, 0.6) is 0 Å². The van der Waals surface area contributed by atoms with Crippen LogP contribution in [-0.2, 0) is 20.9 Å². The minimum absolute atomic E-state index is 0.0706. The van der Waals surface area contributed by atoms with Crippen LogP contribution in [0.2, 0.25) is 0 Å². The van der Waals surface area contributed by atoms with Gasteiger partial charge in [0.15, 0.2) is 0 Å². The number of amides is 1. The summed E-state index contributed by atoms with van der Waals surface area (Å²) in [5.74, 6) is -0.769. The lowest BCUT2D eigenvalue weighted by molar-refractivity contribution is -0.386. The standard InChI is InChI=1S/C13H20N4O5/c1-8(2)22-12(19)5-6-14-11(18)7-16-10(4)13(17(20)21)9(3)15-16/h8H,5-7H2,1-4H3,(H,14,18). The highest BCUT2D eigenvalue weighted by atomic mass is 16.6. The van der Waals surface area contributed by atoms with Crippen molar-refractivity contribution in [3.8, 4) is 0 Å². The number of nitro groups is 1. The second kappa shape index (κ2) is 7.53. The van der Waals surface area contributed by atoms with Crippen molar-refractivity contribution in [2.75, 3.05) is 6.54 Å². The first-order chi connectivity index (χ1) is 10.2. The number of hydrogen-bond acceptors (Lipinski definition) is 6. The maximum absolute atomic E-state index is 11.8. The Morgan fingerprint density at radius 3 is 2.55 bits per heavy atom. The Labute approximate surface area is 127 Å². The van der Waals surface area contributed by atoms with Crippen LogP contribution in [0, 0.1) is 24.0 Å². The molecule has 122 valence electrons. The van der Waals surface area contributed by atoms with Gasteiger partial charge in [0.1, 0.15) is 17.9 Å². The van der Waals surface area contributed by atoms with Crippen LogP contribution in [0.1, 0.15) is 31.7 Å². The summed E-state index contributed by atoms with van der Waals surface area (Å²) in [5, 5.41) is 17.4. The zero-order valence-electron chi connectivity index (χ0n) is 13.1. The first kappa shape index (κ1) is 17.6. The number of carbonyl (C=O) groups is 2. The second-order valence-corrected chi connectivity index (χ2v) is 5.07. The largest absolute Gasteiger partial charge is 0.463 e. The summed E-state index contributed by atoms with van der Waals surface area (Å²) in [6, 6.07) is 0. The number of hydrogen-bond donors (Lipinski definition) is 1. The van der Waals surface area contributed by atoms with Crippen molar-refractivity contribution >= 4 is 17.6 Å². The number of esters is 1. The fourth-order valence-corrected chi connectivity index (χ4v) is 1.92. The quantitative estimate of drug-likeness (QED) is 0.453. The molecule has 1 heterocycles. The average Bonchev–Trinajstić information content (AvgIpc) is 2.63. The van der Waals surface area contributed by atoms with Crippen molar-refractivity contribution in [1.29, 1.82) is 0 Å². The molecular weight excluding hydrogens is 292 g/mol. The van der Waals surface area contributed by atoms with Crippen molar-refractivity contribution in [1.82, 2.24) is 15.1 Å². The number of nitrogens with one attached hydrogen (secondary N) is 1. The Morgan fingerprint density at radius 2 is 2.05 bits per heavy atom. The SMILES string of the molecule is Cc1nn(CC(=O)NCCC(=O)OC(C)C)c(C)c1[N+](=O)[O-]. The van der Waals surface area contributed by atoms with Gasteiger partial charge in [-0.05, 0) is 27.7 Å². The molecule has 0 aliphatic rings. The third-order valence-electron chi connectivity index (χ3n) is 2.84. The number of aromatic nitrogens is 2. The zero-order valence-corrected chi connectivity index (χ0v) is 13.1. The predicted octanol–water partition coefficient (Wildman–Crippen LogP) is 0.866. The molecule has 0 aliphatic carbocycles. The van der Waals surface area contributed by atoms with E-state index in [-0.39, 0.29) is 42.9 Å². The smallest absolute Gasteiger partial charge is 0.312 e. The topological polar surface area (TPSA) is 116 Å². The van der Waals surface area contributed by atoms with E-state index in [0.717, 1.165) is 0 Å². The van der Waals surface area contributed by atoms with Gasteiger partial charge in [-0.2, -0.15) is 5.10 Å². The van der Waals surface area contributed by atoms with E-state index in [0.29, 0.717) is 5.69 Å². The minimum atomic E-state index is -0.520. The maximum atomic E-state index is 11.8. The first-order valence-electron chi connectivity index (χ1n) is 6.87. The maximum Gasteiger partial charge on any atom is 0.312 e. The molecular formula is C13H20N4O5. The molecule has 1 aromatic rings. The molecule has 0 aromatic carbocycles. The molecule has 0 aliphatic heterocycles. The first-order valence-corrected chi connectivity index (χ1v) is 6.87. The normalized spacial score (nSPS) is 10.6. The highest BCUT2D eigenvalue weighted by Gasteiger charge is 2.22. The molecule has 0 radical (unpaired) electrons. The third-order valence-corrected chi connectivity index (χ3v) is 2.84. The molecule has 22 heavy (non-hydrogen) atoms.